The molecule has 0 atom stereocenters. The molecule has 0 heterocycles. The Morgan fingerprint density at radius 3 is 2.65 bits per heavy atom. The van der Waals surface area contributed by atoms with Crippen LogP contribution in [0.4, 0.5) is 0 Å². The summed E-state index contributed by atoms with van der Waals surface area (Å²) in [5, 5.41) is 1.94. The van der Waals surface area contributed by atoms with E-state index in [0.29, 0.717) is 11.1 Å². The topological polar surface area (TPSA) is 63.2 Å². The molecule has 0 aliphatic carbocycles. The molecule has 2 rings (SSSR count). The summed E-state index contributed by atoms with van der Waals surface area (Å²) in [6.45, 7) is 0. The molecule has 0 unspecified atom stereocenters. The summed E-state index contributed by atoms with van der Waals surface area (Å²) in [5.74, 6) is -0.125. The minimum absolute atomic E-state index is 0.0239. The van der Waals surface area contributed by atoms with Crippen LogP contribution in [-0.2, 0) is 15.8 Å². The summed E-state index contributed by atoms with van der Waals surface area (Å²) < 4.78 is 25.5. The minimum atomic E-state index is -3.32. The molecule has 0 saturated carbocycles. The highest BCUT2D eigenvalue weighted by Gasteiger charge is 2.12. The number of halogens is 1. The Labute approximate surface area is 126 Å². The van der Waals surface area contributed by atoms with Crippen molar-refractivity contribution in [2.45, 2.75) is 5.75 Å². The molecular formula is C14H14BrNO3S. The van der Waals surface area contributed by atoms with Crippen molar-refractivity contribution in [3.8, 4) is 0 Å². The molecule has 4 nitrogen and oxygen atoms in total. The number of nitrogens with one attached hydrogen (secondary N) is 1. The molecule has 0 radical (unpaired) electrons. The molecule has 0 fully saturated rings. The van der Waals surface area contributed by atoms with E-state index in [2.05, 4.69) is 20.7 Å². The zero-order valence-corrected chi connectivity index (χ0v) is 13.3. The first-order valence-electron chi connectivity index (χ1n) is 5.99. The predicted octanol–water partition coefficient (Wildman–Crippen LogP) is 2.47. The summed E-state index contributed by atoms with van der Waals surface area (Å²) in [6, 6.07) is 10.8. The molecule has 106 valence electrons. The second kappa shape index (κ2) is 6.03. The molecule has 0 aliphatic rings. The Morgan fingerprint density at radius 2 is 2.00 bits per heavy atom. The van der Waals surface area contributed by atoms with Crippen LogP contribution in [0.1, 0.15) is 15.9 Å². The zero-order chi connectivity index (χ0) is 14.8. The molecular weight excluding hydrogens is 342 g/mol. The smallest absolute Gasteiger partial charge is 0.215 e. The SMILES string of the molecule is CNS(=O)(=O)Cc1ccc2cccc(C(=O)CBr)c2c1. The molecule has 2 aromatic rings. The minimum Gasteiger partial charge on any atom is -0.293 e. The van der Waals surface area contributed by atoms with Gasteiger partial charge in [0, 0.05) is 5.56 Å². The Hall–Kier alpha value is -1.24. The molecule has 0 amide bonds. The van der Waals surface area contributed by atoms with Crippen LogP contribution in [0.5, 0.6) is 0 Å². The molecule has 2 aromatic carbocycles. The summed E-state index contributed by atoms with van der Waals surface area (Å²) >= 11 is 3.16. The number of benzene rings is 2. The van der Waals surface area contributed by atoms with Crippen LogP contribution in [0.15, 0.2) is 36.4 Å². The van der Waals surface area contributed by atoms with Gasteiger partial charge in [0.1, 0.15) is 0 Å². The van der Waals surface area contributed by atoms with Gasteiger partial charge in [0.25, 0.3) is 0 Å². The van der Waals surface area contributed by atoms with Crippen molar-refractivity contribution in [1.82, 2.24) is 4.72 Å². The Morgan fingerprint density at radius 1 is 1.25 bits per heavy atom. The van der Waals surface area contributed by atoms with Gasteiger partial charge < -0.3 is 0 Å². The summed E-state index contributed by atoms with van der Waals surface area (Å²) in [7, 11) is -1.94. The number of alkyl halides is 1. The van der Waals surface area contributed by atoms with Gasteiger partial charge in [0.05, 0.1) is 11.1 Å². The lowest BCUT2D eigenvalue weighted by Crippen LogP contribution is -2.20. The van der Waals surface area contributed by atoms with Crippen molar-refractivity contribution < 1.29 is 13.2 Å². The zero-order valence-electron chi connectivity index (χ0n) is 10.9. The van der Waals surface area contributed by atoms with Crippen molar-refractivity contribution in [1.29, 1.82) is 0 Å². The van der Waals surface area contributed by atoms with Crippen LogP contribution in [0.25, 0.3) is 10.8 Å². The lowest BCUT2D eigenvalue weighted by atomic mass is 10.0. The van der Waals surface area contributed by atoms with Crippen molar-refractivity contribution in [3.63, 3.8) is 0 Å². The molecule has 0 aromatic heterocycles. The number of ketones is 1. The third kappa shape index (κ3) is 3.26. The van der Waals surface area contributed by atoms with E-state index in [9.17, 15) is 13.2 Å². The van der Waals surface area contributed by atoms with Crippen LogP contribution in [0, 0.1) is 0 Å². The molecule has 20 heavy (non-hydrogen) atoms. The third-order valence-electron chi connectivity index (χ3n) is 3.04. The molecule has 0 saturated heterocycles. The quantitative estimate of drug-likeness (QED) is 0.661. The normalized spacial score (nSPS) is 11.7. The number of fused-ring (bicyclic) bond motifs is 1. The van der Waals surface area contributed by atoms with Crippen LogP contribution in [0.2, 0.25) is 0 Å². The maximum atomic E-state index is 11.9. The number of carbonyl (C=O) groups is 1. The van der Waals surface area contributed by atoms with Crippen LogP contribution in [0.3, 0.4) is 0 Å². The van der Waals surface area contributed by atoms with E-state index < -0.39 is 10.0 Å². The average Bonchev–Trinajstić information content (AvgIpc) is 2.45. The van der Waals surface area contributed by atoms with Crippen LogP contribution >= 0.6 is 15.9 Å². The van der Waals surface area contributed by atoms with Crippen molar-refractivity contribution in [3.05, 3.63) is 47.5 Å². The fourth-order valence-electron chi connectivity index (χ4n) is 2.02. The van der Waals surface area contributed by atoms with Gasteiger partial charge in [-0.3, -0.25) is 4.79 Å². The van der Waals surface area contributed by atoms with E-state index in [1.165, 1.54) is 7.05 Å². The van der Waals surface area contributed by atoms with Crippen molar-refractivity contribution in [2.75, 3.05) is 12.4 Å². The third-order valence-corrected chi connectivity index (χ3v) is 4.88. The molecule has 0 spiro atoms. The van der Waals surface area contributed by atoms with Crippen LogP contribution in [-0.4, -0.2) is 26.6 Å². The Balaban J connectivity index is 2.55. The predicted molar refractivity (Wildman–Crippen MR) is 83.8 cm³/mol. The fourth-order valence-corrected chi connectivity index (χ4v) is 3.08. The summed E-state index contributed by atoms with van der Waals surface area (Å²) in [4.78, 5) is 11.9. The molecule has 0 bridgehead atoms. The lowest BCUT2D eigenvalue weighted by Gasteiger charge is -2.08. The van der Waals surface area contributed by atoms with E-state index in [-0.39, 0.29) is 16.9 Å². The van der Waals surface area contributed by atoms with E-state index in [1.54, 1.807) is 18.2 Å². The number of sulfonamides is 1. The summed E-state index contributed by atoms with van der Waals surface area (Å²) in [5.41, 5.74) is 1.25. The van der Waals surface area contributed by atoms with Gasteiger partial charge >= 0.3 is 0 Å². The molecule has 1 N–H and O–H groups in total. The van der Waals surface area contributed by atoms with E-state index in [0.717, 1.165) is 10.8 Å². The number of Topliss-reactive ketones (excluding diaryl/α,β-unsaturated/α-hetero) is 1. The molecule has 0 aliphatic heterocycles. The highest BCUT2D eigenvalue weighted by atomic mass is 79.9. The number of hydrogen-bond acceptors (Lipinski definition) is 3. The van der Waals surface area contributed by atoms with Gasteiger partial charge in [-0.25, -0.2) is 13.1 Å². The maximum absolute atomic E-state index is 11.9. The van der Waals surface area contributed by atoms with Gasteiger partial charge in [0.15, 0.2) is 5.78 Å². The Kier molecular flexibility index (Phi) is 4.57. The monoisotopic (exact) mass is 355 g/mol. The van der Waals surface area contributed by atoms with Gasteiger partial charge in [0.2, 0.25) is 10.0 Å². The number of hydrogen-bond donors (Lipinski definition) is 1. The van der Waals surface area contributed by atoms with Gasteiger partial charge in [-0.2, -0.15) is 0 Å². The van der Waals surface area contributed by atoms with Crippen LogP contribution < -0.4 is 4.72 Å². The highest BCUT2D eigenvalue weighted by Crippen LogP contribution is 2.22. The van der Waals surface area contributed by atoms with E-state index in [1.807, 2.05) is 18.2 Å². The number of carbonyl (C=O) groups excluding carboxylic acids is 1. The lowest BCUT2D eigenvalue weighted by molar-refractivity contribution is 0.102. The van der Waals surface area contributed by atoms with E-state index in [4.69, 9.17) is 0 Å². The second-order valence-electron chi connectivity index (χ2n) is 4.38. The van der Waals surface area contributed by atoms with Crippen molar-refractivity contribution in [2.24, 2.45) is 0 Å². The molecule has 6 heteroatoms. The first-order chi connectivity index (χ1) is 9.46. The van der Waals surface area contributed by atoms with Gasteiger partial charge in [-0.05, 0) is 29.4 Å². The summed E-state index contributed by atoms with van der Waals surface area (Å²) in [6.07, 6.45) is 0. The average molecular weight is 356 g/mol. The first kappa shape index (κ1) is 15.2. The maximum Gasteiger partial charge on any atom is 0.215 e. The first-order valence-corrected chi connectivity index (χ1v) is 8.76. The van der Waals surface area contributed by atoms with E-state index >= 15 is 0 Å². The van der Waals surface area contributed by atoms with Crippen molar-refractivity contribution >= 4 is 42.5 Å². The Bertz CT molecular complexity index is 756. The second-order valence-corrected chi connectivity index (χ2v) is 6.87. The largest absolute Gasteiger partial charge is 0.293 e. The number of rotatable bonds is 5. The standard InChI is InChI=1S/C14H14BrNO3S/c1-16-20(18,19)9-10-5-6-11-3-2-4-12(13(11)7-10)14(17)8-15/h2-7,16H,8-9H2,1H3. The van der Waals surface area contributed by atoms with Gasteiger partial charge in [-0.15, -0.1) is 0 Å². The fraction of sp³-hybridized carbons (Fsp3) is 0.214. The van der Waals surface area contributed by atoms with Gasteiger partial charge in [-0.1, -0.05) is 46.3 Å². The highest BCUT2D eigenvalue weighted by molar-refractivity contribution is 9.09.